The van der Waals surface area contributed by atoms with Gasteiger partial charge in [-0.05, 0) is 0 Å². The molecule has 2 rings (SSSR count). The van der Waals surface area contributed by atoms with Crippen molar-refractivity contribution in [2.75, 3.05) is 13.7 Å². The lowest BCUT2D eigenvalue weighted by Crippen LogP contribution is -2.56. The Bertz CT molecular complexity index is 477. The molecule has 1 aromatic rings. The van der Waals surface area contributed by atoms with Crippen LogP contribution >= 0.6 is 0 Å². The fraction of sp³-hybridized carbons (Fsp3) is 0.700. The molecule has 0 bridgehead atoms. The molecule has 2 heterocycles. The van der Waals surface area contributed by atoms with Gasteiger partial charge in [0.2, 0.25) is 0 Å². The number of methoxy groups -OCH3 is 1. The molecule has 10 heteroatoms. The van der Waals surface area contributed by atoms with Crippen LogP contribution in [0.1, 0.15) is 16.7 Å². The van der Waals surface area contributed by atoms with Crippen LogP contribution in [-0.4, -0.2) is 79.5 Å². The highest BCUT2D eigenvalue weighted by atomic mass is 16.6. The van der Waals surface area contributed by atoms with Crippen molar-refractivity contribution in [2.45, 2.75) is 30.6 Å². The predicted octanol–water partition coefficient (Wildman–Crippen LogP) is -2.96. The van der Waals surface area contributed by atoms with E-state index in [1.807, 2.05) is 0 Å². The topological polar surface area (TPSA) is 147 Å². The molecule has 0 saturated carbocycles. The first kappa shape index (κ1) is 14.8. The molecule has 0 aromatic carbocycles. The van der Waals surface area contributed by atoms with Crippen molar-refractivity contribution < 1.29 is 34.7 Å². The van der Waals surface area contributed by atoms with Crippen molar-refractivity contribution in [1.82, 2.24) is 15.0 Å². The van der Waals surface area contributed by atoms with Gasteiger partial charge in [-0.15, -0.1) is 5.10 Å². The van der Waals surface area contributed by atoms with E-state index < -0.39 is 43.2 Å². The molecule has 1 aliphatic rings. The van der Waals surface area contributed by atoms with Crippen molar-refractivity contribution in [2.24, 2.45) is 0 Å². The Labute approximate surface area is 113 Å². The summed E-state index contributed by atoms with van der Waals surface area (Å²) in [4.78, 5) is 11.3. The zero-order valence-corrected chi connectivity index (χ0v) is 10.5. The zero-order valence-electron chi connectivity index (χ0n) is 10.5. The summed E-state index contributed by atoms with van der Waals surface area (Å²) in [5, 5.41) is 45.3. The van der Waals surface area contributed by atoms with Crippen LogP contribution in [0.2, 0.25) is 0 Å². The molecule has 5 atom stereocenters. The first-order valence-electron chi connectivity index (χ1n) is 5.80. The van der Waals surface area contributed by atoms with E-state index in [0.29, 0.717) is 0 Å². The molecule has 0 aliphatic carbocycles. The Morgan fingerprint density at radius 2 is 2.10 bits per heavy atom. The maximum absolute atomic E-state index is 11.3. The quantitative estimate of drug-likeness (QED) is 0.428. The van der Waals surface area contributed by atoms with Crippen LogP contribution in [0.4, 0.5) is 0 Å². The standard InChI is InChI=1S/C10H15N3O7/c1-19-10(18)4-2-13(12-11-4)9-8(17)7(16)6(15)5(3-14)20-9/h2,5-9,14-17H,3H2,1H3/t5-,6-,7+,8-,9-/m1/s1. The van der Waals surface area contributed by atoms with Crippen molar-refractivity contribution in [3.63, 3.8) is 0 Å². The van der Waals surface area contributed by atoms with Gasteiger partial charge in [0.25, 0.3) is 0 Å². The van der Waals surface area contributed by atoms with Crippen molar-refractivity contribution in [1.29, 1.82) is 0 Å². The fourth-order valence-electron chi connectivity index (χ4n) is 1.90. The molecular weight excluding hydrogens is 274 g/mol. The Kier molecular flexibility index (Phi) is 4.30. The third kappa shape index (κ3) is 2.51. The van der Waals surface area contributed by atoms with Crippen molar-refractivity contribution in [3.05, 3.63) is 11.9 Å². The summed E-state index contributed by atoms with van der Waals surface area (Å²) in [5.41, 5.74) is -0.107. The number of hydrogen-bond acceptors (Lipinski definition) is 9. The van der Waals surface area contributed by atoms with Gasteiger partial charge in [-0.3, -0.25) is 0 Å². The van der Waals surface area contributed by atoms with Crippen LogP contribution in [0.5, 0.6) is 0 Å². The average molecular weight is 289 g/mol. The number of nitrogens with zero attached hydrogens (tertiary/aromatic N) is 3. The lowest BCUT2D eigenvalue weighted by Gasteiger charge is -2.39. The SMILES string of the molecule is COC(=O)c1cn([C@@H]2O[C@H](CO)[C@@H](O)[C@H](O)[C@H]2O)nn1. The highest BCUT2D eigenvalue weighted by molar-refractivity contribution is 5.86. The zero-order chi connectivity index (χ0) is 14.9. The first-order chi connectivity index (χ1) is 9.49. The van der Waals surface area contributed by atoms with Crippen LogP contribution in [0.3, 0.4) is 0 Å². The van der Waals surface area contributed by atoms with E-state index in [1.165, 1.54) is 13.3 Å². The number of esters is 1. The van der Waals surface area contributed by atoms with Gasteiger partial charge in [0.15, 0.2) is 11.9 Å². The van der Waals surface area contributed by atoms with Gasteiger partial charge >= 0.3 is 5.97 Å². The smallest absolute Gasteiger partial charge is 0.360 e. The molecular formula is C10H15N3O7. The van der Waals surface area contributed by atoms with E-state index >= 15 is 0 Å². The van der Waals surface area contributed by atoms with Gasteiger partial charge in [-0.25, -0.2) is 9.48 Å². The molecule has 1 aliphatic heterocycles. The van der Waals surface area contributed by atoms with E-state index in [-0.39, 0.29) is 5.69 Å². The predicted molar refractivity (Wildman–Crippen MR) is 60.4 cm³/mol. The molecule has 112 valence electrons. The van der Waals surface area contributed by atoms with Gasteiger partial charge in [-0.1, -0.05) is 5.21 Å². The summed E-state index contributed by atoms with van der Waals surface area (Å²) < 4.78 is 10.7. The Balaban J connectivity index is 2.22. The summed E-state index contributed by atoms with van der Waals surface area (Å²) in [6.45, 7) is -0.556. The van der Waals surface area contributed by atoms with E-state index in [9.17, 15) is 20.1 Å². The largest absolute Gasteiger partial charge is 0.464 e. The van der Waals surface area contributed by atoms with Crippen molar-refractivity contribution >= 4 is 5.97 Å². The molecule has 1 aromatic heterocycles. The Hall–Kier alpha value is -1.59. The first-order valence-corrected chi connectivity index (χ1v) is 5.80. The minimum atomic E-state index is -1.53. The summed E-state index contributed by atoms with van der Waals surface area (Å²) >= 11 is 0. The average Bonchev–Trinajstić information content (AvgIpc) is 2.94. The second-order valence-electron chi connectivity index (χ2n) is 4.29. The number of hydrogen-bond donors (Lipinski definition) is 4. The summed E-state index contributed by atoms with van der Waals surface area (Å²) in [6, 6.07) is 0. The maximum Gasteiger partial charge on any atom is 0.360 e. The fourth-order valence-corrected chi connectivity index (χ4v) is 1.90. The number of aromatic nitrogens is 3. The molecule has 10 nitrogen and oxygen atoms in total. The van der Waals surface area contributed by atoms with Crippen molar-refractivity contribution in [3.8, 4) is 0 Å². The van der Waals surface area contributed by atoms with E-state index in [0.717, 1.165) is 4.68 Å². The summed E-state index contributed by atoms with van der Waals surface area (Å²) in [7, 11) is 1.18. The number of aliphatic hydroxyl groups excluding tert-OH is 4. The lowest BCUT2D eigenvalue weighted by molar-refractivity contribution is -0.254. The van der Waals surface area contributed by atoms with Crippen LogP contribution < -0.4 is 0 Å². The minimum absolute atomic E-state index is 0.107. The second-order valence-corrected chi connectivity index (χ2v) is 4.29. The van der Waals surface area contributed by atoms with Crippen LogP contribution in [0.25, 0.3) is 0 Å². The van der Waals surface area contributed by atoms with Crippen LogP contribution in [-0.2, 0) is 9.47 Å². The molecule has 0 radical (unpaired) electrons. The normalized spacial score (nSPS) is 34.0. The van der Waals surface area contributed by atoms with Gasteiger partial charge < -0.3 is 29.9 Å². The molecule has 0 unspecified atom stereocenters. The minimum Gasteiger partial charge on any atom is -0.464 e. The third-order valence-electron chi connectivity index (χ3n) is 3.03. The molecule has 0 spiro atoms. The number of carbonyl (C=O) groups excluding carboxylic acids is 1. The van der Waals surface area contributed by atoms with Crippen LogP contribution in [0.15, 0.2) is 6.20 Å². The number of ether oxygens (including phenoxy) is 2. The summed E-state index contributed by atoms with van der Waals surface area (Å²) in [6.07, 6.45) is -5.59. The molecule has 20 heavy (non-hydrogen) atoms. The molecule has 1 saturated heterocycles. The van der Waals surface area contributed by atoms with Crippen LogP contribution in [0, 0.1) is 0 Å². The third-order valence-corrected chi connectivity index (χ3v) is 3.03. The second kappa shape index (κ2) is 5.81. The monoisotopic (exact) mass is 289 g/mol. The van der Waals surface area contributed by atoms with E-state index in [2.05, 4.69) is 15.0 Å². The van der Waals surface area contributed by atoms with E-state index in [1.54, 1.807) is 0 Å². The molecule has 4 N–H and O–H groups in total. The highest BCUT2D eigenvalue weighted by Gasteiger charge is 2.44. The van der Waals surface area contributed by atoms with Gasteiger partial charge in [0.1, 0.15) is 24.4 Å². The lowest BCUT2D eigenvalue weighted by atomic mass is 9.98. The number of rotatable bonds is 3. The Morgan fingerprint density at radius 3 is 2.70 bits per heavy atom. The number of carbonyl (C=O) groups is 1. The van der Waals surface area contributed by atoms with Gasteiger partial charge in [0.05, 0.1) is 19.9 Å². The summed E-state index contributed by atoms with van der Waals surface area (Å²) in [5.74, 6) is -0.721. The van der Waals surface area contributed by atoms with Gasteiger partial charge in [-0.2, -0.15) is 0 Å². The number of aliphatic hydroxyl groups is 4. The van der Waals surface area contributed by atoms with Gasteiger partial charge in [0, 0.05) is 0 Å². The Morgan fingerprint density at radius 1 is 1.40 bits per heavy atom. The maximum atomic E-state index is 11.3. The highest BCUT2D eigenvalue weighted by Crippen LogP contribution is 2.27. The molecule has 0 amide bonds. The molecule has 1 fully saturated rings. The van der Waals surface area contributed by atoms with E-state index in [4.69, 9.17) is 9.84 Å².